The summed E-state index contributed by atoms with van der Waals surface area (Å²) in [4.78, 5) is 12.1. The van der Waals surface area contributed by atoms with Crippen LogP contribution in [0.4, 0.5) is 0 Å². The van der Waals surface area contributed by atoms with Crippen LogP contribution in [0.3, 0.4) is 0 Å². The number of hydrogen-bond acceptors (Lipinski definition) is 6. The van der Waals surface area contributed by atoms with Crippen molar-refractivity contribution in [3.63, 3.8) is 0 Å². The van der Waals surface area contributed by atoms with Crippen molar-refractivity contribution >= 4 is 29.3 Å². The van der Waals surface area contributed by atoms with E-state index in [0.29, 0.717) is 23.3 Å². The lowest BCUT2D eigenvalue weighted by molar-refractivity contribution is -0.120. The molecule has 0 saturated carbocycles. The van der Waals surface area contributed by atoms with Gasteiger partial charge in [-0.2, -0.15) is 4.68 Å². The van der Waals surface area contributed by atoms with E-state index in [1.165, 1.54) is 11.8 Å². The van der Waals surface area contributed by atoms with Crippen LogP contribution in [0.5, 0.6) is 0 Å². The number of amides is 1. The third-order valence-corrected chi connectivity index (χ3v) is 4.27. The van der Waals surface area contributed by atoms with Crippen molar-refractivity contribution in [1.29, 1.82) is 0 Å². The molecular weight excluding hydrogens is 338 g/mol. The minimum absolute atomic E-state index is 0.0586. The third-order valence-electron chi connectivity index (χ3n) is 2.99. The SMILES string of the molecule is COCCCNC(=O)C(C)Sc1nnnn1-c1ccc(Cl)cc1. The van der Waals surface area contributed by atoms with Crippen LogP contribution < -0.4 is 5.32 Å². The first-order chi connectivity index (χ1) is 11.1. The molecule has 2 rings (SSSR count). The minimum atomic E-state index is -0.311. The highest BCUT2D eigenvalue weighted by atomic mass is 35.5. The zero-order chi connectivity index (χ0) is 16.7. The zero-order valence-corrected chi connectivity index (χ0v) is 14.5. The summed E-state index contributed by atoms with van der Waals surface area (Å²) in [6.07, 6.45) is 0.780. The van der Waals surface area contributed by atoms with Crippen LogP contribution in [-0.4, -0.2) is 51.6 Å². The number of benzene rings is 1. The summed E-state index contributed by atoms with van der Waals surface area (Å²) >= 11 is 7.18. The number of carbonyl (C=O) groups is 1. The quantitative estimate of drug-likeness (QED) is 0.575. The Labute approximate surface area is 143 Å². The van der Waals surface area contributed by atoms with Gasteiger partial charge in [-0.05, 0) is 48.0 Å². The van der Waals surface area contributed by atoms with E-state index in [9.17, 15) is 4.79 Å². The molecule has 1 atom stereocenters. The van der Waals surface area contributed by atoms with Gasteiger partial charge in [0.25, 0.3) is 0 Å². The molecule has 1 unspecified atom stereocenters. The molecule has 0 aliphatic rings. The summed E-state index contributed by atoms with van der Waals surface area (Å²) in [6.45, 7) is 3.02. The molecule has 0 spiro atoms. The molecule has 1 heterocycles. The lowest BCUT2D eigenvalue weighted by Gasteiger charge is -2.11. The van der Waals surface area contributed by atoms with E-state index >= 15 is 0 Å². The number of thioether (sulfide) groups is 1. The molecule has 0 aliphatic heterocycles. The molecule has 0 fully saturated rings. The Kier molecular flexibility index (Phi) is 6.82. The molecule has 0 bridgehead atoms. The van der Waals surface area contributed by atoms with Crippen LogP contribution in [0.15, 0.2) is 29.4 Å². The Hall–Kier alpha value is -1.64. The van der Waals surface area contributed by atoms with Gasteiger partial charge in [0.15, 0.2) is 0 Å². The number of nitrogens with one attached hydrogen (secondary N) is 1. The van der Waals surface area contributed by atoms with Gasteiger partial charge < -0.3 is 10.1 Å². The highest BCUT2D eigenvalue weighted by Crippen LogP contribution is 2.23. The van der Waals surface area contributed by atoms with Crippen molar-refractivity contribution in [2.45, 2.75) is 23.8 Å². The molecule has 124 valence electrons. The second-order valence-corrected chi connectivity index (χ2v) is 6.49. The summed E-state index contributed by atoms with van der Waals surface area (Å²) < 4.78 is 6.53. The molecule has 0 radical (unpaired) electrons. The van der Waals surface area contributed by atoms with Crippen molar-refractivity contribution in [2.75, 3.05) is 20.3 Å². The van der Waals surface area contributed by atoms with E-state index in [1.807, 2.05) is 19.1 Å². The second kappa shape index (κ2) is 8.85. The number of halogens is 1. The van der Waals surface area contributed by atoms with E-state index in [4.69, 9.17) is 16.3 Å². The molecule has 1 amide bonds. The minimum Gasteiger partial charge on any atom is -0.385 e. The number of ether oxygens (including phenoxy) is 1. The summed E-state index contributed by atoms with van der Waals surface area (Å²) in [5, 5.41) is 15.4. The van der Waals surface area contributed by atoms with Crippen LogP contribution in [0, 0.1) is 0 Å². The van der Waals surface area contributed by atoms with Crippen LogP contribution >= 0.6 is 23.4 Å². The number of hydrogen-bond donors (Lipinski definition) is 1. The van der Waals surface area contributed by atoms with Crippen LogP contribution in [0.25, 0.3) is 5.69 Å². The lowest BCUT2D eigenvalue weighted by atomic mass is 10.3. The molecular formula is C14H18ClN5O2S. The normalized spacial score (nSPS) is 12.1. The van der Waals surface area contributed by atoms with E-state index in [1.54, 1.807) is 23.9 Å². The Morgan fingerprint density at radius 2 is 2.17 bits per heavy atom. The first-order valence-corrected chi connectivity index (χ1v) is 8.35. The Morgan fingerprint density at radius 1 is 1.43 bits per heavy atom. The maximum atomic E-state index is 12.1. The van der Waals surface area contributed by atoms with E-state index in [-0.39, 0.29) is 11.2 Å². The van der Waals surface area contributed by atoms with Crippen LogP contribution in [0.1, 0.15) is 13.3 Å². The second-order valence-electron chi connectivity index (χ2n) is 4.75. The molecule has 9 heteroatoms. The molecule has 7 nitrogen and oxygen atoms in total. The third kappa shape index (κ3) is 5.19. The number of nitrogens with zero attached hydrogens (tertiary/aromatic N) is 4. The maximum absolute atomic E-state index is 12.1. The molecule has 1 N–H and O–H groups in total. The van der Waals surface area contributed by atoms with Crippen molar-refractivity contribution in [1.82, 2.24) is 25.5 Å². The number of methoxy groups -OCH3 is 1. The highest BCUT2D eigenvalue weighted by Gasteiger charge is 2.18. The average Bonchev–Trinajstić information content (AvgIpc) is 3.00. The standard InChI is InChI=1S/C14H18ClN5O2S/c1-10(13(21)16-8-3-9-22-2)23-14-17-18-19-20(14)12-6-4-11(15)5-7-12/h4-7,10H,3,8-9H2,1-2H3,(H,16,21). The molecule has 1 aromatic heterocycles. The number of carbonyl (C=O) groups excluding carboxylic acids is 1. The molecule has 2 aromatic rings. The van der Waals surface area contributed by atoms with Gasteiger partial charge in [-0.1, -0.05) is 23.4 Å². The summed E-state index contributed by atoms with van der Waals surface area (Å²) in [7, 11) is 1.64. The van der Waals surface area contributed by atoms with Crippen molar-refractivity contribution in [3.05, 3.63) is 29.3 Å². The predicted molar refractivity (Wildman–Crippen MR) is 89.0 cm³/mol. The van der Waals surface area contributed by atoms with E-state index < -0.39 is 0 Å². The average molecular weight is 356 g/mol. The van der Waals surface area contributed by atoms with E-state index in [0.717, 1.165) is 12.1 Å². The fraction of sp³-hybridized carbons (Fsp3) is 0.429. The largest absolute Gasteiger partial charge is 0.385 e. The Balaban J connectivity index is 1.96. The zero-order valence-electron chi connectivity index (χ0n) is 12.9. The van der Waals surface area contributed by atoms with Gasteiger partial charge in [0.1, 0.15) is 0 Å². The molecule has 23 heavy (non-hydrogen) atoms. The first kappa shape index (κ1) is 17.7. The fourth-order valence-electron chi connectivity index (χ4n) is 1.78. The van der Waals surface area contributed by atoms with Crippen molar-refractivity contribution in [3.8, 4) is 5.69 Å². The topological polar surface area (TPSA) is 81.9 Å². The van der Waals surface area contributed by atoms with Gasteiger partial charge >= 0.3 is 0 Å². The summed E-state index contributed by atoms with van der Waals surface area (Å²) in [6, 6.07) is 7.16. The van der Waals surface area contributed by atoms with Crippen molar-refractivity contribution < 1.29 is 9.53 Å². The number of tetrazole rings is 1. The lowest BCUT2D eigenvalue weighted by Crippen LogP contribution is -2.32. The first-order valence-electron chi connectivity index (χ1n) is 7.09. The van der Waals surface area contributed by atoms with Gasteiger partial charge in [0, 0.05) is 25.3 Å². The van der Waals surface area contributed by atoms with Gasteiger partial charge in [-0.3, -0.25) is 4.79 Å². The van der Waals surface area contributed by atoms with Gasteiger partial charge in [-0.25, -0.2) is 0 Å². The monoisotopic (exact) mass is 355 g/mol. The van der Waals surface area contributed by atoms with Crippen molar-refractivity contribution in [2.24, 2.45) is 0 Å². The summed E-state index contributed by atoms with van der Waals surface area (Å²) in [5.41, 5.74) is 0.787. The van der Waals surface area contributed by atoms with Crippen LogP contribution in [0.2, 0.25) is 5.02 Å². The smallest absolute Gasteiger partial charge is 0.233 e. The Bertz CT molecular complexity index is 634. The fourth-order valence-corrected chi connectivity index (χ4v) is 2.74. The van der Waals surface area contributed by atoms with Gasteiger partial charge in [-0.15, -0.1) is 5.10 Å². The molecule has 1 aromatic carbocycles. The molecule has 0 saturated heterocycles. The number of rotatable bonds is 8. The van der Waals surface area contributed by atoms with Gasteiger partial charge in [0.2, 0.25) is 11.1 Å². The number of aromatic nitrogens is 4. The maximum Gasteiger partial charge on any atom is 0.233 e. The highest BCUT2D eigenvalue weighted by molar-refractivity contribution is 8.00. The predicted octanol–water partition coefficient (Wildman–Crippen LogP) is 1.95. The molecule has 0 aliphatic carbocycles. The summed E-state index contributed by atoms with van der Waals surface area (Å²) in [5.74, 6) is -0.0586. The van der Waals surface area contributed by atoms with Gasteiger partial charge in [0.05, 0.1) is 10.9 Å². The Morgan fingerprint density at radius 3 is 2.87 bits per heavy atom. The van der Waals surface area contributed by atoms with E-state index in [2.05, 4.69) is 20.8 Å². The van der Waals surface area contributed by atoms with Crippen LogP contribution in [-0.2, 0) is 9.53 Å².